The Morgan fingerprint density at radius 3 is 2.79 bits per heavy atom. The van der Waals surface area contributed by atoms with Crippen LogP contribution in [0.25, 0.3) is 0 Å². The molecule has 2 rings (SSSR count). The molecule has 0 aliphatic carbocycles. The lowest BCUT2D eigenvalue weighted by molar-refractivity contribution is 0.103. The van der Waals surface area contributed by atoms with E-state index in [1.54, 1.807) is 25.3 Å². The lowest BCUT2D eigenvalue weighted by Crippen LogP contribution is -2.01. The predicted molar refractivity (Wildman–Crippen MR) is 50.2 cm³/mol. The third-order valence-electron chi connectivity index (χ3n) is 2.03. The van der Waals surface area contributed by atoms with Crippen molar-refractivity contribution in [3.8, 4) is 0 Å². The first-order valence-electron chi connectivity index (χ1n) is 4.29. The molecule has 0 saturated heterocycles. The van der Waals surface area contributed by atoms with Crippen LogP contribution >= 0.6 is 0 Å². The average molecular weight is 190 g/mol. The summed E-state index contributed by atoms with van der Waals surface area (Å²) in [6, 6.07) is 3.38. The number of carbonyl (C=O) groups is 1. The molecule has 0 saturated carbocycles. The zero-order chi connectivity index (χ0) is 10.1. The van der Waals surface area contributed by atoms with Gasteiger partial charge in [0.25, 0.3) is 0 Å². The highest BCUT2D eigenvalue weighted by Gasteiger charge is 2.16. The Hall–Kier alpha value is -1.84. The average Bonchev–Trinajstić information content (AvgIpc) is 2.73. The van der Waals surface area contributed by atoms with Gasteiger partial charge < -0.3 is 4.42 Å². The number of ketones is 1. The van der Waals surface area contributed by atoms with Crippen LogP contribution in [0.2, 0.25) is 0 Å². The van der Waals surface area contributed by atoms with E-state index in [9.17, 15) is 4.79 Å². The minimum atomic E-state index is -0.0862. The number of aromatic nitrogens is 2. The molecular formula is C10H10N2O2. The van der Waals surface area contributed by atoms with Gasteiger partial charge in [-0.3, -0.25) is 9.89 Å². The predicted octanol–water partition coefficient (Wildman–Crippen LogP) is 1.85. The van der Waals surface area contributed by atoms with Crippen molar-refractivity contribution in [1.29, 1.82) is 0 Å². The summed E-state index contributed by atoms with van der Waals surface area (Å²) in [5.41, 5.74) is 1.07. The van der Waals surface area contributed by atoms with Crippen molar-refractivity contribution in [1.82, 2.24) is 10.2 Å². The summed E-state index contributed by atoms with van der Waals surface area (Å²) >= 11 is 0. The molecule has 2 aromatic rings. The minimum absolute atomic E-state index is 0.0862. The number of furan rings is 1. The van der Waals surface area contributed by atoms with Crippen LogP contribution in [0.5, 0.6) is 0 Å². The lowest BCUT2D eigenvalue weighted by atomic mass is 10.1. The van der Waals surface area contributed by atoms with E-state index in [0.717, 1.165) is 5.76 Å². The van der Waals surface area contributed by atoms with Gasteiger partial charge in [0, 0.05) is 6.20 Å². The lowest BCUT2D eigenvalue weighted by Gasteiger charge is -1.93. The van der Waals surface area contributed by atoms with Gasteiger partial charge in [0.05, 0.1) is 5.56 Å². The molecule has 1 N–H and O–H groups in total. The molecule has 0 unspecified atom stereocenters. The molecule has 0 amide bonds. The van der Waals surface area contributed by atoms with E-state index in [2.05, 4.69) is 10.2 Å². The number of rotatable bonds is 2. The third-order valence-corrected chi connectivity index (χ3v) is 2.03. The fraction of sp³-hybridized carbons (Fsp3) is 0.200. The maximum absolute atomic E-state index is 11.8. The second-order valence-electron chi connectivity index (χ2n) is 3.13. The molecule has 4 nitrogen and oxygen atoms in total. The monoisotopic (exact) mass is 190 g/mol. The van der Waals surface area contributed by atoms with Gasteiger partial charge in [-0.05, 0) is 26.0 Å². The number of aryl methyl sites for hydroxylation is 2. The van der Waals surface area contributed by atoms with Crippen LogP contribution in [0.3, 0.4) is 0 Å². The van der Waals surface area contributed by atoms with E-state index < -0.39 is 0 Å². The highest BCUT2D eigenvalue weighted by atomic mass is 16.3. The SMILES string of the molecule is Cc1cc(C(=O)c2ccn[nH]2)c(C)o1. The molecule has 0 spiro atoms. The second kappa shape index (κ2) is 3.14. The van der Waals surface area contributed by atoms with Crippen molar-refractivity contribution in [3.05, 3.63) is 41.1 Å². The van der Waals surface area contributed by atoms with Gasteiger partial charge in [-0.25, -0.2) is 0 Å². The number of nitrogens with zero attached hydrogens (tertiary/aromatic N) is 1. The van der Waals surface area contributed by atoms with E-state index in [-0.39, 0.29) is 5.78 Å². The van der Waals surface area contributed by atoms with Crippen molar-refractivity contribution >= 4 is 5.78 Å². The van der Waals surface area contributed by atoms with Crippen molar-refractivity contribution in [2.45, 2.75) is 13.8 Å². The number of aromatic amines is 1. The molecule has 2 heterocycles. The number of carbonyl (C=O) groups excluding carboxylic acids is 1. The molecule has 0 radical (unpaired) electrons. The van der Waals surface area contributed by atoms with Gasteiger partial charge in [-0.15, -0.1) is 0 Å². The number of hydrogen-bond donors (Lipinski definition) is 1. The molecule has 14 heavy (non-hydrogen) atoms. The zero-order valence-electron chi connectivity index (χ0n) is 8.00. The van der Waals surface area contributed by atoms with Crippen LogP contribution < -0.4 is 0 Å². The highest BCUT2D eigenvalue weighted by Crippen LogP contribution is 2.16. The van der Waals surface area contributed by atoms with Gasteiger partial charge in [0.1, 0.15) is 17.2 Å². The molecule has 4 heteroatoms. The fourth-order valence-electron chi connectivity index (χ4n) is 1.38. The maximum Gasteiger partial charge on any atom is 0.214 e. The van der Waals surface area contributed by atoms with Crippen LogP contribution in [0, 0.1) is 13.8 Å². The summed E-state index contributed by atoms with van der Waals surface area (Å²) < 4.78 is 5.28. The van der Waals surface area contributed by atoms with E-state index >= 15 is 0 Å². The minimum Gasteiger partial charge on any atom is -0.466 e. The normalized spacial score (nSPS) is 10.4. The van der Waals surface area contributed by atoms with Crippen LogP contribution in [0.1, 0.15) is 27.6 Å². The standard InChI is InChI=1S/C10H10N2O2/c1-6-5-8(7(2)14-6)10(13)9-3-4-11-12-9/h3-5H,1-2H3,(H,11,12). The molecule has 0 aliphatic rings. The smallest absolute Gasteiger partial charge is 0.214 e. The molecule has 0 bridgehead atoms. The van der Waals surface area contributed by atoms with Crippen LogP contribution in [0.15, 0.2) is 22.7 Å². The van der Waals surface area contributed by atoms with Crippen LogP contribution in [0.4, 0.5) is 0 Å². The Labute approximate surface area is 80.9 Å². The highest BCUT2D eigenvalue weighted by molar-refractivity contribution is 6.08. The fourth-order valence-corrected chi connectivity index (χ4v) is 1.38. The number of hydrogen-bond acceptors (Lipinski definition) is 3. The third kappa shape index (κ3) is 1.35. The number of nitrogens with one attached hydrogen (secondary N) is 1. The number of H-pyrrole nitrogens is 1. The van der Waals surface area contributed by atoms with Gasteiger partial charge in [0.2, 0.25) is 5.78 Å². The molecule has 2 aromatic heterocycles. The summed E-state index contributed by atoms with van der Waals surface area (Å²) in [6.07, 6.45) is 1.55. The summed E-state index contributed by atoms with van der Waals surface area (Å²) in [5, 5.41) is 6.36. The largest absolute Gasteiger partial charge is 0.466 e. The van der Waals surface area contributed by atoms with Gasteiger partial charge in [-0.1, -0.05) is 0 Å². The van der Waals surface area contributed by atoms with E-state index in [4.69, 9.17) is 4.42 Å². The molecular weight excluding hydrogens is 180 g/mol. The first-order chi connectivity index (χ1) is 6.68. The Morgan fingerprint density at radius 1 is 1.50 bits per heavy atom. The summed E-state index contributed by atoms with van der Waals surface area (Å²) in [7, 11) is 0. The van der Waals surface area contributed by atoms with E-state index in [0.29, 0.717) is 17.0 Å². The van der Waals surface area contributed by atoms with Gasteiger partial charge in [-0.2, -0.15) is 5.10 Å². The van der Waals surface area contributed by atoms with Crippen molar-refractivity contribution in [2.75, 3.05) is 0 Å². The Balaban J connectivity index is 2.41. The van der Waals surface area contributed by atoms with E-state index in [1.165, 1.54) is 0 Å². The Morgan fingerprint density at radius 2 is 2.29 bits per heavy atom. The van der Waals surface area contributed by atoms with Gasteiger partial charge in [0.15, 0.2) is 0 Å². The topological polar surface area (TPSA) is 58.9 Å². The molecule has 0 atom stereocenters. The van der Waals surface area contributed by atoms with Crippen molar-refractivity contribution in [3.63, 3.8) is 0 Å². The first kappa shape index (κ1) is 8.74. The second-order valence-corrected chi connectivity index (χ2v) is 3.13. The molecule has 0 aliphatic heterocycles. The first-order valence-corrected chi connectivity index (χ1v) is 4.29. The Kier molecular flexibility index (Phi) is 1.96. The zero-order valence-corrected chi connectivity index (χ0v) is 8.00. The van der Waals surface area contributed by atoms with E-state index in [1.807, 2.05) is 6.92 Å². The summed E-state index contributed by atoms with van der Waals surface area (Å²) in [4.78, 5) is 11.8. The summed E-state index contributed by atoms with van der Waals surface area (Å²) in [6.45, 7) is 3.59. The van der Waals surface area contributed by atoms with Crippen LogP contribution in [-0.2, 0) is 0 Å². The van der Waals surface area contributed by atoms with Gasteiger partial charge >= 0.3 is 0 Å². The van der Waals surface area contributed by atoms with Crippen molar-refractivity contribution in [2.24, 2.45) is 0 Å². The van der Waals surface area contributed by atoms with Crippen LogP contribution in [-0.4, -0.2) is 16.0 Å². The molecule has 0 aromatic carbocycles. The molecule has 0 fully saturated rings. The molecule has 72 valence electrons. The summed E-state index contributed by atoms with van der Waals surface area (Å²) in [5.74, 6) is 1.30. The maximum atomic E-state index is 11.8. The quantitative estimate of drug-likeness (QED) is 0.735. The Bertz CT molecular complexity index is 454. The van der Waals surface area contributed by atoms with Crippen molar-refractivity contribution < 1.29 is 9.21 Å².